The molecule has 4 nitrogen and oxygen atoms in total. The summed E-state index contributed by atoms with van der Waals surface area (Å²) in [4.78, 5) is 16.5. The largest absolute Gasteiger partial charge is 0.471 e. The predicted molar refractivity (Wildman–Crippen MR) is 68.6 cm³/mol. The van der Waals surface area contributed by atoms with Gasteiger partial charge in [-0.1, -0.05) is 0 Å². The van der Waals surface area contributed by atoms with Gasteiger partial charge in [0.15, 0.2) is 0 Å². The van der Waals surface area contributed by atoms with Crippen molar-refractivity contribution in [2.24, 2.45) is 4.99 Å². The van der Waals surface area contributed by atoms with Crippen molar-refractivity contribution in [1.82, 2.24) is 0 Å². The van der Waals surface area contributed by atoms with Crippen molar-refractivity contribution >= 4 is 23.1 Å². The van der Waals surface area contributed by atoms with E-state index in [0.717, 1.165) is 11.5 Å². The van der Waals surface area contributed by atoms with E-state index < -0.39 is 12.1 Å². The number of benzene rings is 1. The van der Waals surface area contributed by atoms with Crippen LogP contribution in [-0.4, -0.2) is 32.0 Å². The molecule has 7 heteroatoms. The van der Waals surface area contributed by atoms with E-state index in [0.29, 0.717) is 0 Å². The van der Waals surface area contributed by atoms with Gasteiger partial charge >= 0.3 is 12.1 Å². The van der Waals surface area contributed by atoms with Crippen molar-refractivity contribution in [2.45, 2.75) is 13.1 Å². The lowest BCUT2D eigenvalue weighted by Crippen LogP contribution is -2.30. The first-order chi connectivity index (χ1) is 8.75. The second-order valence-corrected chi connectivity index (χ2v) is 3.83. The first-order valence-corrected chi connectivity index (χ1v) is 5.41. The summed E-state index contributed by atoms with van der Waals surface area (Å²) in [5, 5.41) is 1.78. The van der Waals surface area contributed by atoms with E-state index in [1.165, 1.54) is 12.1 Å². The summed E-state index contributed by atoms with van der Waals surface area (Å²) < 4.78 is 36.2. The van der Waals surface area contributed by atoms with E-state index in [1.54, 1.807) is 43.4 Å². The number of aliphatic imine (C=N–C) groups is 1. The van der Waals surface area contributed by atoms with Crippen molar-refractivity contribution in [1.29, 1.82) is 0 Å². The first kappa shape index (κ1) is 15.0. The minimum Gasteiger partial charge on any atom is -0.334 e. The van der Waals surface area contributed by atoms with Crippen molar-refractivity contribution in [2.75, 3.05) is 24.3 Å². The Kier molecular flexibility index (Phi) is 4.52. The maximum atomic E-state index is 12.1. The molecule has 0 unspecified atom stereocenters. The van der Waals surface area contributed by atoms with E-state index in [1.807, 2.05) is 0 Å². The van der Waals surface area contributed by atoms with E-state index >= 15 is 0 Å². The van der Waals surface area contributed by atoms with E-state index in [4.69, 9.17) is 0 Å². The highest BCUT2D eigenvalue weighted by Crippen LogP contribution is 2.21. The highest BCUT2D eigenvalue weighted by Gasteiger charge is 2.38. The lowest BCUT2D eigenvalue weighted by molar-refractivity contribution is -0.167. The van der Waals surface area contributed by atoms with Gasteiger partial charge in [0.1, 0.15) is 0 Å². The average Bonchev–Trinajstić information content (AvgIpc) is 2.36. The Labute approximate surface area is 108 Å². The van der Waals surface area contributed by atoms with E-state index in [-0.39, 0.29) is 5.69 Å². The van der Waals surface area contributed by atoms with Crippen LogP contribution in [0.5, 0.6) is 0 Å². The molecule has 104 valence electrons. The Bertz CT molecular complexity index is 480. The van der Waals surface area contributed by atoms with Gasteiger partial charge in [-0.15, -0.1) is 0 Å². The van der Waals surface area contributed by atoms with Crippen LogP contribution in [0.25, 0.3) is 0 Å². The fourth-order valence-corrected chi connectivity index (χ4v) is 1.31. The second kappa shape index (κ2) is 5.73. The molecule has 0 aromatic heterocycles. The molecule has 0 atom stereocenters. The number of rotatable bonds is 2. The molecule has 0 heterocycles. The highest BCUT2D eigenvalue weighted by atomic mass is 19.4. The third-order valence-electron chi connectivity index (χ3n) is 2.58. The number of carbonyl (C=O) groups excluding carboxylic acids is 1. The van der Waals surface area contributed by atoms with Gasteiger partial charge in [0.2, 0.25) is 0 Å². The van der Waals surface area contributed by atoms with Crippen LogP contribution in [0.4, 0.5) is 24.5 Å². The van der Waals surface area contributed by atoms with Gasteiger partial charge in [-0.05, 0) is 31.2 Å². The molecular formula is C12H14F3N3O. The zero-order valence-electron chi connectivity index (χ0n) is 10.7. The molecule has 0 aliphatic rings. The van der Waals surface area contributed by atoms with Crippen LogP contribution < -0.4 is 10.2 Å². The van der Waals surface area contributed by atoms with Gasteiger partial charge in [0.25, 0.3) is 0 Å². The molecule has 0 fully saturated rings. The number of amidine groups is 1. The maximum Gasteiger partial charge on any atom is 0.471 e. The van der Waals surface area contributed by atoms with Crippen LogP contribution in [0.3, 0.4) is 0 Å². The van der Waals surface area contributed by atoms with E-state index in [9.17, 15) is 18.0 Å². The topological polar surface area (TPSA) is 44.7 Å². The van der Waals surface area contributed by atoms with Gasteiger partial charge in [-0.2, -0.15) is 13.2 Å². The fraction of sp³-hybridized carbons (Fsp3) is 0.333. The van der Waals surface area contributed by atoms with E-state index in [2.05, 4.69) is 4.99 Å². The summed E-state index contributed by atoms with van der Waals surface area (Å²) in [6.45, 7) is 1.80. The smallest absolute Gasteiger partial charge is 0.334 e. The number of amides is 1. The van der Waals surface area contributed by atoms with Crippen LogP contribution in [-0.2, 0) is 4.79 Å². The van der Waals surface area contributed by atoms with Crippen LogP contribution in [0.2, 0.25) is 0 Å². The predicted octanol–water partition coefficient (Wildman–Crippen LogP) is 2.67. The zero-order valence-corrected chi connectivity index (χ0v) is 10.7. The number of halogens is 3. The Morgan fingerprint density at radius 1 is 1.26 bits per heavy atom. The third-order valence-corrected chi connectivity index (χ3v) is 2.58. The van der Waals surface area contributed by atoms with Crippen molar-refractivity contribution in [3.63, 3.8) is 0 Å². The fourth-order valence-electron chi connectivity index (χ4n) is 1.31. The molecular weight excluding hydrogens is 259 g/mol. The number of alkyl halides is 3. The standard InChI is InChI=1S/C12H14F3N3O/c1-8(16-2)18(3)10-6-4-9(5-7-10)17-11(19)12(13,14)15/h4-7H,1-3H3,(H,17,19). The summed E-state index contributed by atoms with van der Waals surface area (Å²) >= 11 is 0. The average molecular weight is 273 g/mol. The molecule has 1 aromatic rings. The molecule has 0 bridgehead atoms. The highest BCUT2D eigenvalue weighted by molar-refractivity contribution is 5.97. The minimum atomic E-state index is -4.89. The van der Waals surface area contributed by atoms with Crippen LogP contribution >= 0.6 is 0 Å². The van der Waals surface area contributed by atoms with Crippen LogP contribution in [0.1, 0.15) is 6.92 Å². The van der Waals surface area contributed by atoms with Crippen molar-refractivity contribution in [3.8, 4) is 0 Å². The molecule has 0 aliphatic heterocycles. The Hall–Kier alpha value is -2.05. The van der Waals surface area contributed by atoms with Gasteiger partial charge in [-0.25, -0.2) is 0 Å². The molecule has 19 heavy (non-hydrogen) atoms. The number of hydrogen-bond acceptors (Lipinski definition) is 2. The SMILES string of the molecule is CN=C(C)N(C)c1ccc(NC(=O)C(F)(F)F)cc1. The first-order valence-electron chi connectivity index (χ1n) is 5.41. The Morgan fingerprint density at radius 2 is 1.79 bits per heavy atom. The number of carbonyl (C=O) groups is 1. The molecule has 1 aromatic carbocycles. The van der Waals surface area contributed by atoms with Crippen molar-refractivity contribution in [3.05, 3.63) is 24.3 Å². The number of hydrogen-bond donors (Lipinski definition) is 1. The summed E-state index contributed by atoms with van der Waals surface area (Å²) in [6, 6.07) is 6.00. The molecule has 1 rings (SSSR count). The monoisotopic (exact) mass is 273 g/mol. The summed E-state index contributed by atoms with van der Waals surface area (Å²) in [5.41, 5.74) is 0.846. The normalized spacial score (nSPS) is 12.2. The second-order valence-electron chi connectivity index (χ2n) is 3.83. The lowest BCUT2D eigenvalue weighted by Gasteiger charge is -2.18. The molecule has 0 spiro atoms. The van der Waals surface area contributed by atoms with Gasteiger partial charge in [0, 0.05) is 25.5 Å². The van der Waals surface area contributed by atoms with Gasteiger partial charge in [0.05, 0.1) is 5.84 Å². The van der Waals surface area contributed by atoms with Crippen LogP contribution in [0.15, 0.2) is 29.3 Å². The molecule has 0 aliphatic carbocycles. The minimum absolute atomic E-state index is 0.0885. The van der Waals surface area contributed by atoms with Gasteiger partial charge in [-0.3, -0.25) is 9.79 Å². The third kappa shape index (κ3) is 3.97. The number of nitrogens with zero attached hydrogens (tertiary/aromatic N) is 2. The Morgan fingerprint density at radius 3 is 2.21 bits per heavy atom. The van der Waals surface area contributed by atoms with Gasteiger partial charge < -0.3 is 10.2 Å². The number of anilines is 2. The molecule has 0 saturated heterocycles. The zero-order chi connectivity index (χ0) is 14.6. The lowest BCUT2D eigenvalue weighted by atomic mass is 10.2. The quantitative estimate of drug-likeness (QED) is 0.665. The number of nitrogens with one attached hydrogen (secondary N) is 1. The molecule has 0 saturated carbocycles. The summed E-state index contributed by atoms with van der Waals surface area (Å²) in [6.07, 6.45) is -4.89. The Balaban J connectivity index is 2.80. The molecule has 0 radical (unpaired) electrons. The van der Waals surface area contributed by atoms with Crippen LogP contribution in [0, 0.1) is 0 Å². The summed E-state index contributed by atoms with van der Waals surface area (Å²) in [7, 11) is 3.43. The molecule has 1 N–H and O–H groups in total. The van der Waals surface area contributed by atoms with Crippen molar-refractivity contribution < 1.29 is 18.0 Å². The molecule has 1 amide bonds. The summed E-state index contributed by atoms with van der Waals surface area (Å²) in [5.74, 6) is -1.23. The maximum absolute atomic E-state index is 12.1.